The molecule has 0 radical (unpaired) electrons. The highest BCUT2D eigenvalue weighted by molar-refractivity contribution is 5.95. The van der Waals surface area contributed by atoms with Crippen molar-refractivity contribution in [1.82, 2.24) is 15.3 Å². The molecule has 1 aromatic heterocycles. The summed E-state index contributed by atoms with van der Waals surface area (Å²) in [6, 6.07) is 5.20. The van der Waals surface area contributed by atoms with Crippen LogP contribution in [0.2, 0.25) is 0 Å². The van der Waals surface area contributed by atoms with E-state index in [1.807, 2.05) is 0 Å². The Morgan fingerprint density at radius 2 is 2.08 bits per heavy atom. The fourth-order valence-corrected chi connectivity index (χ4v) is 2.82. The topological polar surface area (TPSA) is 84.4 Å². The summed E-state index contributed by atoms with van der Waals surface area (Å²) in [4.78, 5) is 32.5. The van der Waals surface area contributed by atoms with Crippen molar-refractivity contribution in [3.63, 3.8) is 0 Å². The number of rotatable bonds is 3. The Balaban J connectivity index is 2.14. The molecule has 1 amide bonds. The van der Waals surface area contributed by atoms with E-state index in [4.69, 9.17) is 0 Å². The van der Waals surface area contributed by atoms with Crippen molar-refractivity contribution >= 4 is 28.6 Å². The number of carbonyl (C=O) groups is 2. The highest BCUT2D eigenvalue weighted by Crippen LogP contribution is 2.33. The molecule has 10 heteroatoms. The molecule has 1 aliphatic heterocycles. The predicted octanol–water partition coefficient (Wildman–Crippen LogP) is 1.52. The fourth-order valence-electron chi connectivity index (χ4n) is 2.82. The van der Waals surface area contributed by atoms with E-state index in [9.17, 15) is 22.8 Å². The van der Waals surface area contributed by atoms with Crippen LogP contribution < -0.4 is 10.2 Å². The van der Waals surface area contributed by atoms with Crippen LogP contribution in [-0.4, -0.2) is 48.1 Å². The average molecular weight is 368 g/mol. The van der Waals surface area contributed by atoms with Crippen LogP contribution in [0.1, 0.15) is 12.2 Å². The number of methoxy groups -OCH3 is 1. The van der Waals surface area contributed by atoms with Gasteiger partial charge in [0.15, 0.2) is 0 Å². The number of nitrogens with one attached hydrogen (secondary N) is 1. The fraction of sp³-hybridized carbons (Fsp3) is 0.375. The standard InChI is InChI=1S/C16H15F3N4O3/c1-26-12(24)8-11-14(25)20-6-7-23(11)13-9-4-2-3-5-10(9)21-15(22-13)16(17,18)19/h2-5,11H,6-8H2,1H3,(H,20,25)/t11-/m1/s1. The van der Waals surface area contributed by atoms with Crippen LogP contribution in [0.5, 0.6) is 0 Å². The maximum Gasteiger partial charge on any atom is 0.451 e. The molecule has 1 saturated heterocycles. The van der Waals surface area contributed by atoms with E-state index in [-0.39, 0.29) is 30.8 Å². The molecule has 0 spiro atoms. The van der Waals surface area contributed by atoms with Crippen molar-refractivity contribution in [2.45, 2.75) is 18.6 Å². The van der Waals surface area contributed by atoms with Gasteiger partial charge in [-0.1, -0.05) is 12.1 Å². The number of anilines is 1. The van der Waals surface area contributed by atoms with Gasteiger partial charge in [0.25, 0.3) is 0 Å². The van der Waals surface area contributed by atoms with E-state index in [1.54, 1.807) is 18.2 Å². The van der Waals surface area contributed by atoms with Crippen LogP contribution in [0, 0.1) is 0 Å². The minimum atomic E-state index is -4.74. The first-order valence-corrected chi connectivity index (χ1v) is 7.76. The lowest BCUT2D eigenvalue weighted by atomic mass is 10.1. The molecular weight excluding hydrogens is 353 g/mol. The van der Waals surface area contributed by atoms with E-state index in [0.29, 0.717) is 5.39 Å². The molecule has 0 saturated carbocycles. The molecule has 2 heterocycles. The van der Waals surface area contributed by atoms with Crippen molar-refractivity contribution in [3.8, 4) is 0 Å². The molecule has 2 aromatic rings. The van der Waals surface area contributed by atoms with Gasteiger partial charge in [-0.15, -0.1) is 0 Å². The molecule has 26 heavy (non-hydrogen) atoms. The molecule has 138 valence electrons. The maximum atomic E-state index is 13.2. The van der Waals surface area contributed by atoms with E-state index in [0.717, 1.165) is 0 Å². The van der Waals surface area contributed by atoms with E-state index < -0.39 is 29.9 Å². The van der Waals surface area contributed by atoms with Gasteiger partial charge in [-0.25, -0.2) is 9.97 Å². The monoisotopic (exact) mass is 368 g/mol. The summed E-state index contributed by atoms with van der Waals surface area (Å²) in [5, 5.41) is 2.97. The molecule has 7 nitrogen and oxygen atoms in total. The second-order valence-electron chi connectivity index (χ2n) is 5.67. The number of para-hydroxylation sites is 1. The Labute approximate surface area is 146 Å². The number of aromatic nitrogens is 2. The van der Waals surface area contributed by atoms with Crippen LogP contribution in [0.15, 0.2) is 24.3 Å². The summed E-state index contributed by atoms with van der Waals surface area (Å²) < 4.78 is 44.2. The van der Waals surface area contributed by atoms with Crippen LogP contribution in [0.25, 0.3) is 10.9 Å². The van der Waals surface area contributed by atoms with Gasteiger partial charge in [-0.05, 0) is 12.1 Å². The van der Waals surface area contributed by atoms with Crippen LogP contribution in [0.4, 0.5) is 19.0 Å². The highest BCUT2D eigenvalue weighted by Gasteiger charge is 2.38. The third kappa shape index (κ3) is 3.39. The van der Waals surface area contributed by atoms with Gasteiger partial charge in [0.2, 0.25) is 11.7 Å². The van der Waals surface area contributed by atoms with Crippen molar-refractivity contribution in [1.29, 1.82) is 0 Å². The Morgan fingerprint density at radius 3 is 2.77 bits per heavy atom. The molecule has 0 unspecified atom stereocenters. The number of hydrogen-bond acceptors (Lipinski definition) is 6. The Bertz CT molecular complexity index is 856. The summed E-state index contributed by atoms with van der Waals surface area (Å²) in [6.45, 7) is 0.419. The summed E-state index contributed by atoms with van der Waals surface area (Å²) >= 11 is 0. The number of piperazine rings is 1. The first kappa shape index (κ1) is 17.9. The van der Waals surface area contributed by atoms with E-state index in [2.05, 4.69) is 20.0 Å². The molecule has 1 N–H and O–H groups in total. The number of ether oxygens (including phenoxy) is 1. The molecule has 1 aliphatic rings. The van der Waals surface area contributed by atoms with Gasteiger partial charge in [0.05, 0.1) is 19.0 Å². The second kappa shape index (κ2) is 6.77. The van der Waals surface area contributed by atoms with E-state index >= 15 is 0 Å². The van der Waals surface area contributed by atoms with Crippen molar-refractivity contribution in [2.24, 2.45) is 0 Å². The zero-order valence-electron chi connectivity index (χ0n) is 13.7. The van der Waals surface area contributed by atoms with Crippen LogP contribution >= 0.6 is 0 Å². The van der Waals surface area contributed by atoms with Crippen LogP contribution in [0.3, 0.4) is 0 Å². The molecule has 1 aromatic carbocycles. The normalized spacial score (nSPS) is 17.9. The van der Waals surface area contributed by atoms with Crippen molar-refractivity contribution in [3.05, 3.63) is 30.1 Å². The van der Waals surface area contributed by atoms with Gasteiger partial charge in [-0.2, -0.15) is 13.2 Å². The second-order valence-corrected chi connectivity index (χ2v) is 5.67. The van der Waals surface area contributed by atoms with Gasteiger partial charge in [-0.3, -0.25) is 9.59 Å². The first-order valence-electron chi connectivity index (χ1n) is 7.76. The van der Waals surface area contributed by atoms with Gasteiger partial charge < -0.3 is 15.0 Å². The number of esters is 1. The number of fused-ring (bicyclic) bond motifs is 1. The highest BCUT2D eigenvalue weighted by atomic mass is 19.4. The number of alkyl halides is 3. The minimum Gasteiger partial charge on any atom is -0.469 e. The lowest BCUT2D eigenvalue weighted by Crippen LogP contribution is -2.56. The largest absolute Gasteiger partial charge is 0.469 e. The average Bonchev–Trinajstić information content (AvgIpc) is 2.61. The predicted molar refractivity (Wildman–Crippen MR) is 85.3 cm³/mol. The quantitative estimate of drug-likeness (QED) is 0.827. The molecular formula is C16H15F3N4O3. The van der Waals surface area contributed by atoms with Crippen molar-refractivity contribution < 1.29 is 27.5 Å². The molecule has 1 atom stereocenters. The lowest BCUT2D eigenvalue weighted by Gasteiger charge is -2.36. The lowest BCUT2D eigenvalue weighted by molar-refractivity contribution is -0.145. The first-order chi connectivity index (χ1) is 12.3. The number of amides is 1. The molecule has 3 rings (SSSR count). The van der Waals surface area contributed by atoms with Gasteiger partial charge >= 0.3 is 12.1 Å². The number of halogens is 3. The molecule has 1 fully saturated rings. The molecule has 0 aliphatic carbocycles. The van der Waals surface area contributed by atoms with Crippen LogP contribution in [-0.2, 0) is 20.5 Å². The Kier molecular flexibility index (Phi) is 4.66. The number of benzene rings is 1. The zero-order valence-corrected chi connectivity index (χ0v) is 13.7. The van der Waals surface area contributed by atoms with Gasteiger partial charge in [0.1, 0.15) is 11.9 Å². The number of carbonyl (C=O) groups excluding carboxylic acids is 2. The summed E-state index contributed by atoms with van der Waals surface area (Å²) in [5.74, 6) is -2.45. The third-order valence-corrected chi connectivity index (χ3v) is 4.03. The number of nitrogens with zero attached hydrogens (tertiary/aromatic N) is 3. The summed E-state index contributed by atoms with van der Waals surface area (Å²) in [6.07, 6.45) is -5.04. The van der Waals surface area contributed by atoms with Crippen molar-refractivity contribution in [2.75, 3.05) is 25.1 Å². The maximum absolute atomic E-state index is 13.2. The third-order valence-electron chi connectivity index (χ3n) is 4.03. The van der Waals surface area contributed by atoms with E-state index in [1.165, 1.54) is 18.1 Å². The smallest absolute Gasteiger partial charge is 0.451 e. The zero-order chi connectivity index (χ0) is 18.9. The minimum absolute atomic E-state index is 0.0355. The Hall–Kier alpha value is -2.91. The molecule has 0 bridgehead atoms. The summed E-state index contributed by atoms with van der Waals surface area (Å²) in [5.41, 5.74) is 0.104. The Morgan fingerprint density at radius 1 is 1.35 bits per heavy atom. The van der Waals surface area contributed by atoms with Gasteiger partial charge in [0, 0.05) is 18.5 Å². The SMILES string of the molecule is COC(=O)C[C@@H]1C(=O)NCCN1c1nc(C(F)(F)F)nc2ccccc12. The summed E-state index contributed by atoms with van der Waals surface area (Å²) in [7, 11) is 1.18. The number of hydrogen-bond donors (Lipinski definition) is 1.